The Morgan fingerprint density at radius 3 is 2.24 bits per heavy atom. The monoisotopic (exact) mass is 417 g/mol. The molecular formula is C19H19N3O6S. The molecule has 29 heavy (non-hydrogen) atoms. The van der Waals surface area contributed by atoms with Crippen molar-refractivity contribution in [1.82, 2.24) is 5.16 Å². The number of carbonyl (C=O) groups is 1. The smallest absolute Gasteiger partial charge is 0.262 e. The van der Waals surface area contributed by atoms with E-state index < -0.39 is 10.0 Å². The molecule has 0 fully saturated rings. The topological polar surface area (TPSA) is 120 Å². The standard InChI is InChI=1S/C19H19N3O6S/c1-12-16(11-20-28-12)19(23)21-13-4-6-14(7-5-13)22-29(24,25)15-8-9-17(26-2)18(10-15)27-3/h4-11,22H,1-3H3,(H,21,23). The number of hydrogen-bond acceptors (Lipinski definition) is 7. The molecule has 0 aliphatic heterocycles. The summed E-state index contributed by atoms with van der Waals surface area (Å²) in [5.74, 6) is 0.760. The van der Waals surface area contributed by atoms with Gasteiger partial charge in [-0.05, 0) is 43.3 Å². The second kappa shape index (κ2) is 8.23. The van der Waals surface area contributed by atoms with Gasteiger partial charge in [0.2, 0.25) is 0 Å². The highest BCUT2D eigenvalue weighted by atomic mass is 32.2. The van der Waals surface area contributed by atoms with Gasteiger partial charge in [0.25, 0.3) is 15.9 Å². The molecule has 1 heterocycles. The molecule has 0 spiro atoms. The summed E-state index contributed by atoms with van der Waals surface area (Å²) in [5, 5.41) is 6.25. The van der Waals surface area contributed by atoms with Gasteiger partial charge in [-0.2, -0.15) is 0 Å². The Bertz CT molecular complexity index is 1120. The van der Waals surface area contributed by atoms with Crippen LogP contribution in [-0.2, 0) is 10.0 Å². The number of sulfonamides is 1. The normalized spacial score (nSPS) is 11.0. The highest BCUT2D eigenvalue weighted by Crippen LogP contribution is 2.30. The van der Waals surface area contributed by atoms with Gasteiger partial charge in [0, 0.05) is 17.4 Å². The fourth-order valence-electron chi connectivity index (χ4n) is 2.53. The maximum absolute atomic E-state index is 12.6. The Morgan fingerprint density at radius 2 is 1.66 bits per heavy atom. The third kappa shape index (κ3) is 4.49. The van der Waals surface area contributed by atoms with Crippen molar-refractivity contribution < 1.29 is 27.2 Å². The molecule has 10 heteroatoms. The van der Waals surface area contributed by atoms with Crippen molar-refractivity contribution in [1.29, 1.82) is 0 Å². The maximum atomic E-state index is 12.6. The van der Waals surface area contributed by atoms with E-state index in [1.54, 1.807) is 19.1 Å². The van der Waals surface area contributed by atoms with Gasteiger partial charge in [0.05, 0.1) is 25.3 Å². The van der Waals surface area contributed by atoms with Crippen LogP contribution in [0, 0.1) is 6.92 Å². The molecular weight excluding hydrogens is 398 g/mol. The summed E-state index contributed by atoms with van der Waals surface area (Å²) < 4.78 is 42.9. The van der Waals surface area contributed by atoms with Crippen LogP contribution in [0.5, 0.6) is 11.5 Å². The van der Waals surface area contributed by atoms with Crippen LogP contribution in [0.4, 0.5) is 11.4 Å². The number of amides is 1. The average molecular weight is 417 g/mol. The number of aromatic nitrogens is 1. The number of anilines is 2. The number of methoxy groups -OCH3 is 2. The van der Waals surface area contributed by atoms with Crippen LogP contribution in [-0.4, -0.2) is 33.7 Å². The third-order valence-corrected chi connectivity index (χ3v) is 5.43. The Balaban J connectivity index is 1.73. The van der Waals surface area contributed by atoms with Crippen molar-refractivity contribution in [2.24, 2.45) is 0 Å². The molecule has 1 amide bonds. The zero-order chi connectivity index (χ0) is 21.0. The molecule has 0 aliphatic carbocycles. The number of carbonyl (C=O) groups excluding carboxylic acids is 1. The molecule has 0 unspecified atom stereocenters. The third-order valence-electron chi connectivity index (χ3n) is 4.06. The van der Waals surface area contributed by atoms with Crippen LogP contribution in [0.3, 0.4) is 0 Å². The van der Waals surface area contributed by atoms with Crippen molar-refractivity contribution in [2.75, 3.05) is 24.3 Å². The fraction of sp³-hybridized carbons (Fsp3) is 0.158. The summed E-state index contributed by atoms with van der Waals surface area (Å²) in [6, 6.07) is 10.5. The molecule has 3 rings (SSSR count). The summed E-state index contributed by atoms with van der Waals surface area (Å²) in [5.41, 5.74) is 1.15. The lowest BCUT2D eigenvalue weighted by Crippen LogP contribution is -2.14. The second-order valence-electron chi connectivity index (χ2n) is 5.95. The molecule has 2 N–H and O–H groups in total. The molecule has 0 aliphatic rings. The molecule has 1 aromatic heterocycles. The van der Waals surface area contributed by atoms with Crippen LogP contribution >= 0.6 is 0 Å². The Kier molecular flexibility index (Phi) is 5.74. The zero-order valence-corrected chi connectivity index (χ0v) is 16.7. The van der Waals surface area contributed by atoms with Gasteiger partial charge in [-0.15, -0.1) is 0 Å². The molecule has 9 nitrogen and oxygen atoms in total. The van der Waals surface area contributed by atoms with E-state index in [1.807, 2.05) is 0 Å². The molecule has 152 valence electrons. The van der Waals surface area contributed by atoms with E-state index in [0.717, 1.165) is 0 Å². The summed E-state index contributed by atoms with van der Waals surface area (Å²) in [6.45, 7) is 1.63. The van der Waals surface area contributed by atoms with Gasteiger partial charge < -0.3 is 19.3 Å². The molecule has 0 radical (unpaired) electrons. The molecule has 0 saturated carbocycles. The van der Waals surface area contributed by atoms with Gasteiger partial charge in [-0.1, -0.05) is 5.16 Å². The highest BCUT2D eigenvalue weighted by Gasteiger charge is 2.18. The minimum absolute atomic E-state index is 0.0236. The first-order chi connectivity index (χ1) is 13.8. The van der Waals surface area contributed by atoms with Crippen LogP contribution < -0.4 is 19.5 Å². The molecule has 0 atom stereocenters. The van der Waals surface area contributed by atoms with Gasteiger partial charge >= 0.3 is 0 Å². The molecule has 2 aromatic carbocycles. The number of nitrogens with zero attached hydrogens (tertiary/aromatic N) is 1. The fourth-order valence-corrected chi connectivity index (χ4v) is 3.61. The van der Waals surface area contributed by atoms with E-state index in [9.17, 15) is 13.2 Å². The van der Waals surface area contributed by atoms with Gasteiger partial charge in [-0.3, -0.25) is 9.52 Å². The van der Waals surface area contributed by atoms with Crippen LogP contribution in [0.15, 0.2) is 58.1 Å². The first kappa shape index (κ1) is 20.2. The van der Waals surface area contributed by atoms with Crippen molar-refractivity contribution in [3.63, 3.8) is 0 Å². The minimum Gasteiger partial charge on any atom is -0.493 e. The maximum Gasteiger partial charge on any atom is 0.262 e. The lowest BCUT2D eigenvalue weighted by atomic mass is 10.2. The van der Waals surface area contributed by atoms with Crippen molar-refractivity contribution >= 4 is 27.3 Å². The minimum atomic E-state index is -3.84. The van der Waals surface area contributed by atoms with E-state index in [4.69, 9.17) is 14.0 Å². The number of rotatable bonds is 7. The predicted octanol–water partition coefficient (Wildman–Crippen LogP) is 3.05. The summed E-state index contributed by atoms with van der Waals surface area (Å²) in [4.78, 5) is 12.2. The lowest BCUT2D eigenvalue weighted by Gasteiger charge is -2.12. The zero-order valence-electron chi connectivity index (χ0n) is 15.9. The van der Waals surface area contributed by atoms with Gasteiger partial charge in [-0.25, -0.2) is 8.42 Å². The summed E-state index contributed by atoms with van der Waals surface area (Å²) >= 11 is 0. The summed E-state index contributed by atoms with van der Waals surface area (Å²) in [6.07, 6.45) is 1.33. The lowest BCUT2D eigenvalue weighted by molar-refractivity contribution is 0.102. The molecule has 0 saturated heterocycles. The van der Waals surface area contributed by atoms with E-state index in [0.29, 0.717) is 34.2 Å². The van der Waals surface area contributed by atoms with Crippen LogP contribution in [0.2, 0.25) is 0 Å². The summed E-state index contributed by atoms with van der Waals surface area (Å²) in [7, 11) is -0.948. The number of hydrogen-bond donors (Lipinski definition) is 2. The van der Waals surface area contributed by atoms with E-state index in [1.165, 1.54) is 50.7 Å². The Morgan fingerprint density at radius 1 is 1.00 bits per heavy atom. The Hall–Kier alpha value is -3.53. The van der Waals surface area contributed by atoms with Crippen molar-refractivity contribution in [3.8, 4) is 11.5 Å². The van der Waals surface area contributed by atoms with Crippen molar-refractivity contribution in [2.45, 2.75) is 11.8 Å². The van der Waals surface area contributed by atoms with E-state index >= 15 is 0 Å². The first-order valence-corrected chi connectivity index (χ1v) is 9.90. The Labute approximate surface area is 167 Å². The molecule has 0 bridgehead atoms. The van der Waals surface area contributed by atoms with E-state index in [2.05, 4.69) is 15.2 Å². The van der Waals surface area contributed by atoms with Crippen LogP contribution in [0.1, 0.15) is 16.1 Å². The predicted molar refractivity (Wildman–Crippen MR) is 106 cm³/mol. The second-order valence-corrected chi connectivity index (χ2v) is 7.63. The SMILES string of the molecule is COc1ccc(S(=O)(=O)Nc2ccc(NC(=O)c3cnoc3C)cc2)cc1OC. The number of nitrogens with one attached hydrogen (secondary N) is 2. The molecule has 3 aromatic rings. The van der Waals surface area contributed by atoms with E-state index in [-0.39, 0.29) is 10.8 Å². The number of aryl methyl sites for hydroxylation is 1. The largest absolute Gasteiger partial charge is 0.493 e. The highest BCUT2D eigenvalue weighted by molar-refractivity contribution is 7.92. The van der Waals surface area contributed by atoms with Gasteiger partial charge in [0.1, 0.15) is 11.3 Å². The van der Waals surface area contributed by atoms with Crippen LogP contribution in [0.25, 0.3) is 0 Å². The van der Waals surface area contributed by atoms with Crippen molar-refractivity contribution in [3.05, 3.63) is 60.0 Å². The average Bonchev–Trinajstić information content (AvgIpc) is 3.14. The van der Waals surface area contributed by atoms with Gasteiger partial charge in [0.15, 0.2) is 11.5 Å². The quantitative estimate of drug-likeness (QED) is 0.606. The first-order valence-electron chi connectivity index (χ1n) is 8.41. The number of benzene rings is 2. The number of ether oxygens (including phenoxy) is 2.